The second kappa shape index (κ2) is 12.7. The summed E-state index contributed by atoms with van der Waals surface area (Å²) in [6, 6.07) is 3.65. The molecule has 0 unspecified atom stereocenters. The summed E-state index contributed by atoms with van der Waals surface area (Å²) in [5.74, 6) is -1.93. The summed E-state index contributed by atoms with van der Waals surface area (Å²) >= 11 is 0. The van der Waals surface area contributed by atoms with E-state index in [0.717, 1.165) is 12.8 Å². The lowest BCUT2D eigenvalue weighted by molar-refractivity contribution is -0.143. The lowest BCUT2D eigenvalue weighted by atomic mass is 9.80. The largest absolute Gasteiger partial charge is 0.481 e. The van der Waals surface area contributed by atoms with Gasteiger partial charge < -0.3 is 21.1 Å². The molecule has 1 aromatic rings. The Bertz CT molecular complexity index is 939. The number of amidine groups is 1. The standard InChI is InChI=1S/C26H39FN4O4/c1-5-7-12-29-23(28)18-8-9-19(20(27)16-18)24(34)30-21(6-2)26(3,4)25(35)31-13-10-17(11-14-31)15-22(32)33/h8-9,16-17,21H,5-7,10-15H2,1-4H3,(H2,28,29)(H,30,34)(H,32,33)/t21-/m1/s1. The molecule has 1 saturated heterocycles. The van der Waals surface area contributed by atoms with Gasteiger partial charge in [0.1, 0.15) is 11.7 Å². The maximum absolute atomic E-state index is 14.8. The Hall–Kier alpha value is -2.97. The van der Waals surface area contributed by atoms with Gasteiger partial charge in [-0.25, -0.2) is 4.39 Å². The molecule has 0 aromatic heterocycles. The van der Waals surface area contributed by atoms with Crippen molar-refractivity contribution in [3.63, 3.8) is 0 Å². The van der Waals surface area contributed by atoms with E-state index in [1.54, 1.807) is 24.8 Å². The third-order valence-electron chi connectivity index (χ3n) is 6.80. The Morgan fingerprint density at radius 2 is 1.91 bits per heavy atom. The molecule has 0 saturated carbocycles. The summed E-state index contributed by atoms with van der Waals surface area (Å²) in [7, 11) is 0. The van der Waals surface area contributed by atoms with E-state index in [9.17, 15) is 18.8 Å². The Balaban J connectivity index is 2.07. The zero-order chi connectivity index (χ0) is 26.2. The summed E-state index contributed by atoms with van der Waals surface area (Å²) in [4.78, 5) is 43.2. The molecule has 9 heteroatoms. The number of carbonyl (C=O) groups excluding carboxylic acids is 2. The molecule has 0 aliphatic carbocycles. The van der Waals surface area contributed by atoms with Gasteiger partial charge in [-0.2, -0.15) is 0 Å². The summed E-state index contributed by atoms with van der Waals surface area (Å²) in [6.07, 6.45) is 3.73. The topological polar surface area (TPSA) is 125 Å². The van der Waals surface area contributed by atoms with Crippen LogP contribution in [-0.4, -0.2) is 59.3 Å². The predicted octanol–water partition coefficient (Wildman–Crippen LogP) is 3.58. The van der Waals surface area contributed by atoms with Crippen molar-refractivity contribution >= 4 is 23.6 Å². The normalized spacial score (nSPS) is 16.1. The highest BCUT2D eigenvalue weighted by Crippen LogP contribution is 2.30. The van der Waals surface area contributed by atoms with Crippen LogP contribution in [0.1, 0.15) is 82.1 Å². The van der Waals surface area contributed by atoms with Crippen molar-refractivity contribution in [1.29, 1.82) is 0 Å². The van der Waals surface area contributed by atoms with Crippen molar-refractivity contribution in [2.24, 2.45) is 22.1 Å². The van der Waals surface area contributed by atoms with E-state index in [-0.39, 0.29) is 29.6 Å². The molecule has 1 atom stereocenters. The van der Waals surface area contributed by atoms with E-state index in [4.69, 9.17) is 10.8 Å². The number of aliphatic imine (C=N–C) groups is 1. The first-order valence-corrected chi connectivity index (χ1v) is 12.4. The summed E-state index contributed by atoms with van der Waals surface area (Å²) in [6.45, 7) is 9.00. The number of benzene rings is 1. The first-order valence-electron chi connectivity index (χ1n) is 12.4. The quantitative estimate of drug-likeness (QED) is 0.248. The maximum atomic E-state index is 14.8. The number of carboxylic acid groups (broad SMARTS) is 1. The molecule has 0 spiro atoms. The van der Waals surface area contributed by atoms with E-state index >= 15 is 0 Å². The number of hydrogen-bond donors (Lipinski definition) is 3. The van der Waals surface area contributed by atoms with Crippen molar-refractivity contribution in [3.8, 4) is 0 Å². The third-order valence-corrected chi connectivity index (χ3v) is 6.80. The number of unbranched alkanes of at least 4 members (excludes halogenated alkanes) is 1. The van der Waals surface area contributed by atoms with Gasteiger partial charge in [-0.05, 0) is 57.6 Å². The fraction of sp³-hybridized carbons (Fsp3) is 0.615. The number of halogens is 1. The fourth-order valence-corrected chi connectivity index (χ4v) is 4.48. The van der Waals surface area contributed by atoms with Gasteiger partial charge in [0.15, 0.2) is 0 Å². The van der Waals surface area contributed by atoms with Crippen LogP contribution in [0.25, 0.3) is 0 Å². The van der Waals surface area contributed by atoms with Crippen LogP contribution < -0.4 is 11.1 Å². The number of hydrogen-bond acceptors (Lipinski definition) is 4. The Kier molecular flexibility index (Phi) is 10.2. The second-order valence-electron chi connectivity index (χ2n) is 9.80. The number of nitrogens with zero attached hydrogens (tertiary/aromatic N) is 2. The molecule has 0 radical (unpaired) electrons. The minimum Gasteiger partial charge on any atom is -0.481 e. The number of piperidine rings is 1. The Morgan fingerprint density at radius 1 is 1.26 bits per heavy atom. The number of aliphatic carboxylic acids is 1. The maximum Gasteiger partial charge on any atom is 0.303 e. The molecular formula is C26H39FN4O4. The van der Waals surface area contributed by atoms with Gasteiger partial charge in [-0.1, -0.05) is 26.3 Å². The average Bonchev–Trinajstić information content (AvgIpc) is 2.81. The van der Waals surface area contributed by atoms with Gasteiger partial charge >= 0.3 is 5.97 Å². The zero-order valence-electron chi connectivity index (χ0n) is 21.3. The summed E-state index contributed by atoms with van der Waals surface area (Å²) < 4.78 is 14.8. The smallest absolute Gasteiger partial charge is 0.303 e. The molecule has 0 bridgehead atoms. The van der Waals surface area contributed by atoms with Gasteiger partial charge in [0.25, 0.3) is 5.91 Å². The monoisotopic (exact) mass is 490 g/mol. The van der Waals surface area contributed by atoms with Gasteiger partial charge in [-0.3, -0.25) is 19.4 Å². The third kappa shape index (κ3) is 7.50. The molecule has 4 N–H and O–H groups in total. The number of nitrogens with one attached hydrogen (secondary N) is 1. The van der Waals surface area contributed by atoms with Crippen molar-refractivity contribution in [2.45, 2.75) is 72.3 Å². The molecular weight excluding hydrogens is 451 g/mol. The zero-order valence-corrected chi connectivity index (χ0v) is 21.3. The number of carboxylic acids is 1. The molecule has 1 heterocycles. The van der Waals surface area contributed by atoms with Crippen LogP contribution >= 0.6 is 0 Å². The number of amides is 2. The highest BCUT2D eigenvalue weighted by atomic mass is 19.1. The molecule has 2 amide bonds. The van der Waals surface area contributed by atoms with Crippen LogP contribution in [0.2, 0.25) is 0 Å². The van der Waals surface area contributed by atoms with Gasteiger partial charge in [0.2, 0.25) is 5.91 Å². The van der Waals surface area contributed by atoms with Crippen LogP contribution in [0.4, 0.5) is 4.39 Å². The molecule has 1 aromatic carbocycles. The number of likely N-dealkylation sites (tertiary alicyclic amines) is 1. The lowest BCUT2D eigenvalue weighted by Gasteiger charge is -2.40. The first kappa shape index (κ1) is 28.3. The van der Waals surface area contributed by atoms with Crippen LogP contribution in [0, 0.1) is 17.2 Å². The first-order chi connectivity index (χ1) is 16.5. The van der Waals surface area contributed by atoms with Gasteiger partial charge in [0.05, 0.1) is 11.0 Å². The van der Waals surface area contributed by atoms with Crippen LogP contribution in [-0.2, 0) is 9.59 Å². The second-order valence-corrected chi connectivity index (χ2v) is 9.80. The molecule has 1 aliphatic rings. The molecule has 8 nitrogen and oxygen atoms in total. The minimum atomic E-state index is -0.920. The summed E-state index contributed by atoms with van der Waals surface area (Å²) in [5, 5.41) is 11.8. The van der Waals surface area contributed by atoms with Crippen molar-refractivity contribution in [1.82, 2.24) is 10.2 Å². The van der Waals surface area contributed by atoms with E-state index in [0.29, 0.717) is 44.5 Å². The van der Waals surface area contributed by atoms with E-state index < -0.39 is 29.2 Å². The Labute approximate surface area is 207 Å². The van der Waals surface area contributed by atoms with Crippen molar-refractivity contribution in [2.75, 3.05) is 19.6 Å². The van der Waals surface area contributed by atoms with Crippen LogP contribution in [0.15, 0.2) is 23.2 Å². The van der Waals surface area contributed by atoms with Crippen LogP contribution in [0.5, 0.6) is 0 Å². The SMILES string of the molecule is CCCCN=C(N)c1ccc(C(=O)N[C@H](CC)C(C)(C)C(=O)N2CCC(CC(=O)O)CC2)c(F)c1. The molecule has 1 aliphatic heterocycles. The average molecular weight is 491 g/mol. The molecule has 35 heavy (non-hydrogen) atoms. The van der Waals surface area contributed by atoms with Gasteiger partial charge in [0, 0.05) is 37.7 Å². The molecule has 2 rings (SSSR count). The molecule has 194 valence electrons. The van der Waals surface area contributed by atoms with E-state index in [1.807, 2.05) is 13.8 Å². The Morgan fingerprint density at radius 3 is 2.46 bits per heavy atom. The molecule has 1 fully saturated rings. The number of carbonyl (C=O) groups is 3. The highest BCUT2D eigenvalue weighted by molar-refractivity contribution is 6.00. The fourth-order valence-electron chi connectivity index (χ4n) is 4.48. The van der Waals surface area contributed by atoms with Crippen molar-refractivity contribution in [3.05, 3.63) is 35.1 Å². The van der Waals surface area contributed by atoms with E-state index in [2.05, 4.69) is 10.3 Å². The predicted molar refractivity (Wildman–Crippen MR) is 134 cm³/mol. The van der Waals surface area contributed by atoms with Gasteiger partial charge in [-0.15, -0.1) is 0 Å². The lowest BCUT2D eigenvalue weighted by Crippen LogP contribution is -2.54. The van der Waals surface area contributed by atoms with E-state index in [1.165, 1.54) is 12.1 Å². The highest BCUT2D eigenvalue weighted by Gasteiger charge is 2.40. The number of rotatable bonds is 11. The van der Waals surface area contributed by atoms with Crippen molar-refractivity contribution < 1.29 is 23.9 Å². The number of nitrogens with two attached hydrogens (primary N) is 1. The minimum absolute atomic E-state index is 0.0676. The van der Waals surface area contributed by atoms with Crippen LogP contribution in [0.3, 0.4) is 0 Å². The summed E-state index contributed by atoms with van der Waals surface area (Å²) in [5.41, 5.74) is 5.32.